The number of hydrogen-bond acceptors (Lipinski definition) is 4. The number of aryl methyl sites for hydroxylation is 1. The number of nitrogens with zero attached hydrogens (tertiary/aromatic N) is 2. The fourth-order valence-corrected chi connectivity index (χ4v) is 3.32. The zero-order chi connectivity index (χ0) is 16.9. The Balaban J connectivity index is 1.63. The molecule has 0 bridgehead atoms. The molecule has 1 N–H and O–H groups in total. The molecule has 3 rings (SSSR count). The molecule has 0 spiro atoms. The highest BCUT2D eigenvalue weighted by atomic mass is 32.2. The van der Waals surface area contributed by atoms with Gasteiger partial charge >= 0.3 is 0 Å². The van der Waals surface area contributed by atoms with Crippen LogP contribution in [0.15, 0.2) is 64.4 Å². The number of carbonyl (C=O) groups excluding carboxylic acids is 1. The van der Waals surface area contributed by atoms with Crippen LogP contribution in [0.3, 0.4) is 0 Å². The van der Waals surface area contributed by atoms with Gasteiger partial charge in [-0.25, -0.2) is 0 Å². The van der Waals surface area contributed by atoms with Crippen LogP contribution in [-0.2, 0) is 7.05 Å². The standard InChI is InChI=1S/C18H19N3O2S/c1-13(24-15-6-4-3-5-7-15)10-19-18(22)16-11-21(2)20-17(16)14-8-9-23-12-14/h3-9,11-13H,10H2,1-2H3,(H,19,22)/t13-/m0/s1. The predicted octanol–water partition coefficient (Wildman–Crippen LogP) is 3.59. The molecule has 24 heavy (non-hydrogen) atoms. The number of rotatable bonds is 6. The Morgan fingerprint density at radius 3 is 2.83 bits per heavy atom. The third kappa shape index (κ3) is 3.89. The minimum Gasteiger partial charge on any atom is -0.472 e. The number of nitrogens with one attached hydrogen (secondary N) is 1. The minimum atomic E-state index is -0.125. The highest BCUT2D eigenvalue weighted by Gasteiger charge is 2.18. The quantitative estimate of drug-likeness (QED) is 0.696. The molecular formula is C18H19N3O2S. The molecule has 0 saturated carbocycles. The van der Waals surface area contributed by atoms with E-state index < -0.39 is 0 Å². The summed E-state index contributed by atoms with van der Waals surface area (Å²) in [6.45, 7) is 2.68. The normalized spacial score (nSPS) is 12.1. The van der Waals surface area contributed by atoms with Crippen molar-refractivity contribution in [1.82, 2.24) is 15.1 Å². The molecule has 1 amide bonds. The summed E-state index contributed by atoms with van der Waals surface area (Å²) < 4.78 is 6.73. The van der Waals surface area contributed by atoms with Gasteiger partial charge in [-0.05, 0) is 18.2 Å². The molecule has 124 valence electrons. The van der Waals surface area contributed by atoms with Crippen molar-refractivity contribution in [1.29, 1.82) is 0 Å². The minimum absolute atomic E-state index is 0.125. The number of thioether (sulfide) groups is 1. The molecule has 0 aliphatic heterocycles. The first-order valence-electron chi connectivity index (χ1n) is 7.69. The lowest BCUT2D eigenvalue weighted by Crippen LogP contribution is -2.29. The van der Waals surface area contributed by atoms with Crippen LogP contribution in [0.5, 0.6) is 0 Å². The van der Waals surface area contributed by atoms with Crippen molar-refractivity contribution in [2.24, 2.45) is 7.05 Å². The van der Waals surface area contributed by atoms with Crippen LogP contribution in [0, 0.1) is 0 Å². The Hall–Kier alpha value is -2.47. The van der Waals surface area contributed by atoms with E-state index in [0.717, 1.165) is 5.56 Å². The molecule has 0 radical (unpaired) electrons. The van der Waals surface area contributed by atoms with Gasteiger partial charge in [-0.3, -0.25) is 9.48 Å². The Kier molecular flexibility index (Phi) is 5.05. The molecule has 0 fully saturated rings. The van der Waals surface area contributed by atoms with Crippen LogP contribution in [-0.4, -0.2) is 27.5 Å². The Morgan fingerprint density at radius 1 is 1.33 bits per heavy atom. The number of hydrogen-bond donors (Lipinski definition) is 1. The molecule has 2 heterocycles. The van der Waals surface area contributed by atoms with E-state index in [9.17, 15) is 4.79 Å². The summed E-state index contributed by atoms with van der Waals surface area (Å²) in [4.78, 5) is 13.7. The van der Waals surface area contributed by atoms with Crippen molar-refractivity contribution in [3.05, 3.63) is 60.7 Å². The van der Waals surface area contributed by atoms with Crippen LogP contribution in [0.2, 0.25) is 0 Å². The van der Waals surface area contributed by atoms with Gasteiger partial charge in [0.25, 0.3) is 5.91 Å². The highest BCUT2D eigenvalue weighted by Crippen LogP contribution is 2.24. The maximum Gasteiger partial charge on any atom is 0.255 e. The predicted molar refractivity (Wildman–Crippen MR) is 95.0 cm³/mol. The lowest BCUT2D eigenvalue weighted by molar-refractivity contribution is 0.0954. The topological polar surface area (TPSA) is 60.1 Å². The first kappa shape index (κ1) is 16.4. The van der Waals surface area contributed by atoms with Crippen LogP contribution in [0.4, 0.5) is 0 Å². The SMILES string of the molecule is C[C@@H](CNC(=O)c1cn(C)nc1-c1ccoc1)Sc1ccccc1. The molecule has 0 aliphatic rings. The van der Waals surface area contributed by atoms with Crippen molar-refractivity contribution < 1.29 is 9.21 Å². The molecule has 5 nitrogen and oxygen atoms in total. The monoisotopic (exact) mass is 341 g/mol. The average Bonchev–Trinajstić information content (AvgIpc) is 3.22. The Morgan fingerprint density at radius 2 is 2.12 bits per heavy atom. The van der Waals surface area contributed by atoms with Gasteiger partial charge in [-0.1, -0.05) is 25.1 Å². The summed E-state index contributed by atoms with van der Waals surface area (Å²) in [6, 6.07) is 12.0. The summed E-state index contributed by atoms with van der Waals surface area (Å²) in [7, 11) is 1.80. The van der Waals surface area contributed by atoms with Crippen molar-refractivity contribution in [2.75, 3.05) is 6.54 Å². The van der Waals surface area contributed by atoms with E-state index in [4.69, 9.17) is 4.42 Å². The van der Waals surface area contributed by atoms with E-state index in [1.807, 2.05) is 18.2 Å². The summed E-state index contributed by atoms with van der Waals surface area (Å²) in [5.41, 5.74) is 1.98. The fraction of sp³-hybridized carbons (Fsp3) is 0.222. The van der Waals surface area contributed by atoms with Crippen LogP contribution in [0.1, 0.15) is 17.3 Å². The highest BCUT2D eigenvalue weighted by molar-refractivity contribution is 8.00. The lowest BCUT2D eigenvalue weighted by atomic mass is 10.1. The number of furan rings is 1. The third-order valence-corrected chi connectivity index (χ3v) is 4.61. The maximum atomic E-state index is 12.5. The summed E-state index contributed by atoms with van der Waals surface area (Å²) >= 11 is 1.74. The van der Waals surface area contributed by atoms with E-state index in [2.05, 4.69) is 29.5 Å². The lowest BCUT2D eigenvalue weighted by Gasteiger charge is -2.12. The van der Waals surface area contributed by atoms with E-state index in [0.29, 0.717) is 17.8 Å². The first-order chi connectivity index (χ1) is 11.6. The van der Waals surface area contributed by atoms with Gasteiger partial charge in [-0.15, -0.1) is 11.8 Å². The molecular weight excluding hydrogens is 322 g/mol. The van der Waals surface area contributed by atoms with Crippen molar-refractivity contribution in [3.63, 3.8) is 0 Å². The summed E-state index contributed by atoms with van der Waals surface area (Å²) in [5.74, 6) is -0.125. The van der Waals surface area contributed by atoms with Crippen molar-refractivity contribution >= 4 is 17.7 Å². The zero-order valence-corrected chi connectivity index (χ0v) is 14.4. The second-order valence-corrected chi connectivity index (χ2v) is 7.04. The molecule has 0 saturated heterocycles. The maximum absolute atomic E-state index is 12.5. The van der Waals surface area contributed by atoms with Gasteiger partial charge in [0.2, 0.25) is 0 Å². The van der Waals surface area contributed by atoms with Gasteiger partial charge in [0, 0.05) is 35.5 Å². The molecule has 3 aromatic rings. The van der Waals surface area contributed by atoms with Gasteiger partial charge in [0.1, 0.15) is 5.69 Å². The van der Waals surface area contributed by atoms with Crippen molar-refractivity contribution in [3.8, 4) is 11.3 Å². The van der Waals surface area contributed by atoms with Gasteiger partial charge in [0.05, 0.1) is 18.1 Å². The summed E-state index contributed by atoms with van der Waals surface area (Å²) in [6.07, 6.45) is 4.89. The molecule has 2 aromatic heterocycles. The Labute approximate surface area is 145 Å². The van der Waals surface area contributed by atoms with Gasteiger partial charge in [-0.2, -0.15) is 5.10 Å². The second kappa shape index (κ2) is 7.40. The third-order valence-electron chi connectivity index (χ3n) is 3.50. The number of aromatic nitrogens is 2. The van der Waals surface area contributed by atoms with E-state index >= 15 is 0 Å². The molecule has 1 atom stereocenters. The molecule has 6 heteroatoms. The van der Waals surface area contributed by atoms with Crippen LogP contribution in [0.25, 0.3) is 11.3 Å². The largest absolute Gasteiger partial charge is 0.472 e. The zero-order valence-electron chi connectivity index (χ0n) is 13.6. The first-order valence-corrected chi connectivity index (χ1v) is 8.57. The van der Waals surface area contributed by atoms with E-state index in [-0.39, 0.29) is 11.2 Å². The van der Waals surface area contributed by atoms with E-state index in [1.54, 1.807) is 48.3 Å². The van der Waals surface area contributed by atoms with Gasteiger partial charge in [0.15, 0.2) is 0 Å². The number of amides is 1. The number of benzene rings is 1. The second-order valence-electron chi connectivity index (χ2n) is 5.53. The average molecular weight is 341 g/mol. The fourth-order valence-electron chi connectivity index (χ4n) is 2.37. The number of carbonyl (C=O) groups is 1. The smallest absolute Gasteiger partial charge is 0.255 e. The Bertz CT molecular complexity index is 797. The van der Waals surface area contributed by atoms with Crippen molar-refractivity contribution in [2.45, 2.75) is 17.1 Å². The van der Waals surface area contributed by atoms with Gasteiger partial charge < -0.3 is 9.73 Å². The van der Waals surface area contributed by atoms with E-state index in [1.165, 1.54) is 4.90 Å². The molecule has 0 aliphatic carbocycles. The molecule has 1 aromatic carbocycles. The van der Waals surface area contributed by atoms with Crippen LogP contribution < -0.4 is 5.32 Å². The molecule has 0 unspecified atom stereocenters. The summed E-state index contributed by atoms with van der Waals surface area (Å²) in [5, 5.41) is 7.62. The van der Waals surface area contributed by atoms with Crippen LogP contribution >= 0.6 is 11.8 Å².